The minimum atomic E-state index is -3.85. The molecule has 10 nitrogen and oxygen atoms in total. The number of carbonyl (C=O) groups is 2. The summed E-state index contributed by atoms with van der Waals surface area (Å²) in [5.74, 6) is 0.395. The molecule has 3 rings (SSSR count). The second-order valence-electron chi connectivity index (χ2n) is 9.73. The number of hydrogen-bond donors (Lipinski definition) is 1. The zero-order chi connectivity index (χ0) is 27.4. The predicted molar refractivity (Wildman–Crippen MR) is 140 cm³/mol. The van der Waals surface area contributed by atoms with Crippen LogP contribution in [0.2, 0.25) is 0 Å². The number of benzene rings is 2. The number of ether oxygens (including phenoxy) is 3. The van der Waals surface area contributed by atoms with Crippen LogP contribution in [0.15, 0.2) is 42.5 Å². The van der Waals surface area contributed by atoms with Crippen LogP contribution < -0.4 is 23.8 Å². The molecule has 0 spiro atoms. The Labute approximate surface area is 218 Å². The van der Waals surface area contributed by atoms with Crippen LogP contribution >= 0.6 is 0 Å². The van der Waals surface area contributed by atoms with Crippen molar-refractivity contribution in [3.8, 4) is 17.2 Å². The number of nitrogens with zero attached hydrogens (tertiary/aromatic N) is 2. The number of fused-ring (bicyclic) bond motifs is 1. The van der Waals surface area contributed by atoms with Gasteiger partial charge in [0.15, 0.2) is 11.5 Å². The summed E-state index contributed by atoms with van der Waals surface area (Å²) in [4.78, 5) is 28.2. The summed E-state index contributed by atoms with van der Waals surface area (Å²) in [7, 11) is -2.31. The Morgan fingerprint density at radius 2 is 1.81 bits per heavy atom. The molecule has 1 N–H and O–H groups in total. The highest BCUT2D eigenvalue weighted by atomic mass is 32.2. The van der Waals surface area contributed by atoms with Gasteiger partial charge in [0.25, 0.3) is 0 Å². The highest BCUT2D eigenvalue weighted by Crippen LogP contribution is 2.36. The van der Waals surface area contributed by atoms with Gasteiger partial charge in [0.1, 0.15) is 18.3 Å². The van der Waals surface area contributed by atoms with Crippen molar-refractivity contribution in [1.29, 1.82) is 0 Å². The highest BCUT2D eigenvalue weighted by Gasteiger charge is 2.32. The topological polar surface area (TPSA) is 114 Å². The molecule has 37 heavy (non-hydrogen) atoms. The average molecular weight is 534 g/mol. The maximum atomic E-state index is 13.7. The molecule has 0 radical (unpaired) electrons. The third-order valence-corrected chi connectivity index (χ3v) is 7.52. The minimum Gasteiger partial charge on any atom is -0.497 e. The number of carbonyl (C=O) groups excluding carboxylic acids is 2. The van der Waals surface area contributed by atoms with E-state index in [1.807, 2.05) is 26.8 Å². The van der Waals surface area contributed by atoms with Crippen molar-refractivity contribution in [2.75, 3.05) is 30.5 Å². The molecule has 2 aromatic rings. The molecule has 1 aliphatic rings. The Morgan fingerprint density at radius 3 is 2.46 bits per heavy atom. The van der Waals surface area contributed by atoms with E-state index < -0.39 is 34.1 Å². The van der Waals surface area contributed by atoms with Crippen molar-refractivity contribution in [2.24, 2.45) is 0 Å². The first kappa shape index (κ1) is 28.1. The van der Waals surface area contributed by atoms with Crippen LogP contribution in [0.5, 0.6) is 17.2 Å². The van der Waals surface area contributed by atoms with Crippen LogP contribution in [0, 0.1) is 0 Å². The van der Waals surface area contributed by atoms with E-state index in [4.69, 9.17) is 14.2 Å². The molecule has 1 unspecified atom stereocenters. The number of amides is 2. The van der Waals surface area contributed by atoms with Gasteiger partial charge >= 0.3 is 0 Å². The molecule has 11 heteroatoms. The van der Waals surface area contributed by atoms with Crippen LogP contribution in [0.25, 0.3) is 0 Å². The molecule has 0 bridgehead atoms. The fraction of sp³-hybridized carbons (Fsp3) is 0.462. The standard InChI is InChI=1S/C26H35N3O7S/c1-7-37(32,33)29(20-11-12-22-23(14-20)36-17-35-22)16-24(30)28(18(2)25(31)27-26(3,4)5)15-19-9-8-10-21(13-19)34-6/h8-14,18H,7,15-17H2,1-6H3,(H,27,31). The third kappa shape index (κ3) is 7.06. The molecule has 202 valence electrons. The molecule has 1 aliphatic heterocycles. The molecule has 0 aliphatic carbocycles. The van der Waals surface area contributed by atoms with Crippen molar-refractivity contribution < 1.29 is 32.2 Å². The van der Waals surface area contributed by atoms with E-state index in [2.05, 4.69) is 5.32 Å². The highest BCUT2D eigenvalue weighted by molar-refractivity contribution is 7.92. The quantitative estimate of drug-likeness (QED) is 0.499. The van der Waals surface area contributed by atoms with Crippen molar-refractivity contribution in [2.45, 2.75) is 52.7 Å². The molecule has 0 saturated carbocycles. The van der Waals surface area contributed by atoms with Crippen LogP contribution in [-0.2, 0) is 26.2 Å². The van der Waals surface area contributed by atoms with Gasteiger partial charge in [-0.15, -0.1) is 0 Å². The maximum Gasteiger partial charge on any atom is 0.244 e. The second kappa shape index (κ2) is 11.3. The molecule has 2 amide bonds. The lowest BCUT2D eigenvalue weighted by Crippen LogP contribution is -2.54. The lowest BCUT2D eigenvalue weighted by Gasteiger charge is -2.33. The monoisotopic (exact) mass is 533 g/mol. The van der Waals surface area contributed by atoms with Crippen molar-refractivity contribution >= 4 is 27.5 Å². The lowest BCUT2D eigenvalue weighted by atomic mass is 10.1. The first-order valence-corrected chi connectivity index (χ1v) is 13.6. The van der Waals surface area contributed by atoms with E-state index >= 15 is 0 Å². The van der Waals surface area contributed by atoms with Gasteiger partial charge in [0.2, 0.25) is 28.6 Å². The number of nitrogens with one attached hydrogen (secondary N) is 1. The van der Waals surface area contributed by atoms with E-state index in [0.29, 0.717) is 17.2 Å². The molecule has 0 saturated heterocycles. The molecule has 1 atom stereocenters. The van der Waals surface area contributed by atoms with Crippen LogP contribution in [0.3, 0.4) is 0 Å². The number of hydrogen-bond acceptors (Lipinski definition) is 7. The SMILES string of the molecule is CCS(=O)(=O)N(CC(=O)N(Cc1cccc(OC)c1)C(C)C(=O)NC(C)(C)C)c1ccc2c(c1)OCO2. The van der Waals surface area contributed by atoms with E-state index in [0.717, 1.165) is 9.87 Å². The zero-order valence-corrected chi connectivity index (χ0v) is 22.9. The van der Waals surface area contributed by atoms with Gasteiger partial charge in [0.05, 0.1) is 18.6 Å². The average Bonchev–Trinajstić information content (AvgIpc) is 3.32. The van der Waals surface area contributed by atoms with E-state index in [-0.39, 0.29) is 30.7 Å². The van der Waals surface area contributed by atoms with Gasteiger partial charge < -0.3 is 24.4 Å². The molecule has 0 fully saturated rings. The van der Waals surface area contributed by atoms with Crippen molar-refractivity contribution in [3.05, 3.63) is 48.0 Å². The Hall–Kier alpha value is -3.47. The number of methoxy groups -OCH3 is 1. The Balaban J connectivity index is 1.96. The fourth-order valence-corrected chi connectivity index (χ4v) is 4.84. The van der Waals surface area contributed by atoms with E-state index in [1.54, 1.807) is 44.4 Å². The fourth-order valence-electron chi connectivity index (χ4n) is 3.78. The smallest absolute Gasteiger partial charge is 0.244 e. The van der Waals surface area contributed by atoms with Gasteiger partial charge in [-0.2, -0.15) is 0 Å². The molecular weight excluding hydrogens is 498 g/mol. The van der Waals surface area contributed by atoms with E-state index in [9.17, 15) is 18.0 Å². The largest absolute Gasteiger partial charge is 0.497 e. The summed E-state index contributed by atoms with van der Waals surface area (Å²) < 4.78 is 43.2. The summed E-state index contributed by atoms with van der Waals surface area (Å²) in [5.41, 5.74) is 0.490. The first-order valence-electron chi connectivity index (χ1n) is 12.0. The number of rotatable bonds is 10. The van der Waals surface area contributed by atoms with Crippen molar-refractivity contribution in [3.63, 3.8) is 0 Å². The predicted octanol–water partition coefficient (Wildman–Crippen LogP) is 2.91. The normalized spacial score (nSPS) is 13.6. The Bertz CT molecular complexity index is 1240. The minimum absolute atomic E-state index is 0.0347. The second-order valence-corrected chi connectivity index (χ2v) is 11.9. The molecule has 1 heterocycles. The van der Waals surface area contributed by atoms with Crippen molar-refractivity contribution in [1.82, 2.24) is 10.2 Å². The number of sulfonamides is 1. The zero-order valence-electron chi connectivity index (χ0n) is 22.1. The summed E-state index contributed by atoms with van der Waals surface area (Å²) >= 11 is 0. The molecular formula is C26H35N3O7S. The van der Waals surface area contributed by atoms with Crippen LogP contribution in [0.4, 0.5) is 5.69 Å². The van der Waals surface area contributed by atoms with Gasteiger partial charge in [-0.3, -0.25) is 13.9 Å². The summed E-state index contributed by atoms with van der Waals surface area (Å²) in [6.07, 6.45) is 0. The summed E-state index contributed by atoms with van der Waals surface area (Å²) in [5, 5.41) is 2.90. The van der Waals surface area contributed by atoms with Crippen LogP contribution in [-0.4, -0.2) is 62.9 Å². The lowest BCUT2D eigenvalue weighted by molar-refractivity contribution is -0.140. The Kier molecular flexibility index (Phi) is 8.57. The van der Waals surface area contributed by atoms with Crippen LogP contribution in [0.1, 0.15) is 40.2 Å². The molecule has 0 aromatic heterocycles. The van der Waals surface area contributed by atoms with Gasteiger partial charge in [-0.25, -0.2) is 8.42 Å². The maximum absolute atomic E-state index is 13.7. The number of anilines is 1. The van der Waals surface area contributed by atoms with Gasteiger partial charge in [-0.1, -0.05) is 12.1 Å². The summed E-state index contributed by atoms with van der Waals surface area (Å²) in [6.45, 7) is 8.30. The first-order chi connectivity index (χ1) is 17.3. The summed E-state index contributed by atoms with van der Waals surface area (Å²) in [6, 6.07) is 11.0. The van der Waals surface area contributed by atoms with E-state index in [1.165, 1.54) is 17.9 Å². The van der Waals surface area contributed by atoms with Gasteiger partial charge in [0, 0.05) is 18.2 Å². The molecule has 2 aromatic carbocycles. The van der Waals surface area contributed by atoms with Gasteiger partial charge in [-0.05, 0) is 64.4 Å². The third-order valence-electron chi connectivity index (χ3n) is 5.78. The Morgan fingerprint density at radius 1 is 1.11 bits per heavy atom.